The fourth-order valence-corrected chi connectivity index (χ4v) is 2.80. The van der Waals surface area contributed by atoms with Gasteiger partial charge in [-0.05, 0) is 6.92 Å². The molecule has 1 aliphatic heterocycles. The Hall–Kier alpha value is -2.18. The lowest BCUT2D eigenvalue weighted by Gasteiger charge is -2.37. The Morgan fingerprint density at radius 1 is 1.41 bits per heavy atom. The molecule has 1 fully saturated rings. The molecule has 116 valence electrons. The van der Waals surface area contributed by atoms with Crippen LogP contribution in [-0.2, 0) is 16.1 Å². The number of carbonyl (C=O) groups is 1. The summed E-state index contributed by atoms with van der Waals surface area (Å²) in [6.45, 7) is 3.59. The normalized spacial score (nSPS) is 22.6. The van der Waals surface area contributed by atoms with E-state index in [1.165, 1.54) is 0 Å². The monoisotopic (exact) mass is 301 g/mol. The lowest BCUT2D eigenvalue weighted by atomic mass is 10.1. The van der Waals surface area contributed by atoms with Crippen molar-refractivity contribution in [3.05, 3.63) is 42.1 Å². The maximum Gasteiger partial charge on any atom is 0.237 e. The van der Waals surface area contributed by atoms with E-state index in [1.807, 2.05) is 48.2 Å². The van der Waals surface area contributed by atoms with Crippen LogP contribution in [0.15, 0.2) is 40.9 Å². The number of hydrogen-bond donors (Lipinski definition) is 1. The topological polar surface area (TPSA) is 81.6 Å². The van der Waals surface area contributed by atoms with Gasteiger partial charge in [0.05, 0.1) is 18.4 Å². The van der Waals surface area contributed by atoms with Gasteiger partial charge in [0, 0.05) is 24.7 Å². The zero-order valence-corrected chi connectivity index (χ0v) is 12.4. The molecule has 22 heavy (non-hydrogen) atoms. The van der Waals surface area contributed by atoms with Gasteiger partial charge in [-0.1, -0.05) is 35.5 Å². The smallest absolute Gasteiger partial charge is 0.237 e. The van der Waals surface area contributed by atoms with Gasteiger partial charge in [-0.25, -0.2) is 0 Å². The second kappa shape index (κ2) is 6.29. The van der Waals surface area contributed by atoms with Crippen molar-refractivity contribution in [2.45, 2.75) is 25.6 Å². The number of amides is 1. The third-order valence-electron chi connectivity index (χ3n) is 3.87. The third kappa shape index (κ3) is 3.03. The first-order chi connectivity index (χ1) is 10.6. The molecule has 1 aliphatic rings. The minimum absolute atomic E-state index is 0.216. The Balaban J connectivity index is 1.75. The second-order valence-corrected chi connectivity index (χ2v) is 5.44. The van der Waals surface area contributed by atoms with Gasteiger partial charge in [0.15, 0.2) is 5.76 Å². The van der Waals surface area contributed by atoms with Crippen molar-refractivity contribution in [1.82, 2.24) is 10.1 Å². The van der Waals surface area contributed by atoms with Gasteiger partial charge in [-0.3, -0.25) is 9.69 Å². The predicted octanol–water partition coefficient (Wildman–Crippen LogP) is 1.42. The maximum absolute atomic E-state index is 11.6. The van der Waals surface area contributed by atoms with Crippen molar-refractivity contribution in [3.63, 3.8) is 0 Å². The van der Waals surface area contributed by atoms with Crippen LogP contribution in [0.25, 0.3) is 11.3 Å². The summed E-state index contributed by atoms with van der Waals surface area (Å²) >= 11 is 0. The zero-order chi connectivity index (χ0) is 15.5. The molecular formula is C16H19N3O3. The summed E-state index contributed by atoms with van der Waals surface area (Å²) in [7, 11) is 0. The van der Waals surface area contributed by atoms with E-state index in [1.54, 1.807) is 0 Å². The highest BCUT2D eigenvalue weighted by atomic mass is 16.5. The van der Waals surface area contributed by atoms with Gasteiger partial charge in [0.2, 0.25) is 5.91 Å². The molecule has 1 amide bonds. The third-order valence-corrected chi connectivity index (χ3v) is 3.87. The Kier molecular flexibility index (Phi) is 4.22. The molecule has 0 unspecified atom stereocenters. The highest BCUT2D eigenvalue weighted by Gasteiger charge is 2.34. The molecule has 1 aromatic heterocycles. The number of nitrogens with zero attached hydrogens (tertiary/aromatic N) is 2. The first-order valence-corrected chi connectivity index (χ1v) is 7.31. The molecule has 3 rings (SSSR count). The van der Waals surface area contributed by atoms with Gasteiger partial charge in [-0.2, -0.15) is 0 Å². The Bertz CT molecular complexity index is 641. The molecule has 1 aromatic carbocycles. The highest BCUT2D eigenvalue weighted by Crippen LogP contribution is 2.22. The van der Waals surface area contributed by atoms with Crippen molar-refractivity contribution in [3.8, 4) is 11.3 Å². The van der Waals surface area contributed by atoms with Gasteiger partial charge in [0.1, 0.15) is 6.04 Å². The average molecular weight is 301 g/mol. The van der Waals surface area contributed by atoms with E-state index < -0.39 is 6.04 Å². The van der Waals surface area contributed by atoms with Crippen LogP contribution in [0.1, 0.15) is 12.6 Å². The maximum atomic E-state index is 11.6. The van der Waals surface area contributed by atoms with Crippen molar-refractivity contribution >= 4 is 5.91 Å². The molecule has 2 N–H and O–H groups in total. The van der Waals surface area contributed by atoms with Crippen LogP contribution in [0.2, 0.25) is 0 Å². The quantitative estimate of drug-likeness (QED) is 0.923. The van der Waals surface area contributed by atoms with Crippen molar-refractivity contribution < 1.29 is 14.1 Å². The van der Waals surface area contributed by atoms with Crippen LogP contribution in [-0.4, -0.2) is 41.3 Å². The minimum atomic E-state index is -0.439. The fourth-order valence-electron chi connectivity index (χ4n) is 2.80. The number of nitrogens with two attached hydrogens (primary N) is 1. The summed E-state index contributed by atoms with van der Waals surface area (Å²) in [5.74, 6) is 0.339. The molecule has 2 aromatic rings. The standard InChI is InChI=1S/C16H19N3O3/c1-11-15(16(17)20)19(7-8-21-11)10-13-9-14(22-18-13)12-5-3-2-4-6-12/h2-6,9,11,15H,7-8,10H2,1H3,(H2,17,20)/t11-,15+/m1/s1. The molecule has 2 heterocycles. The van der Waals surface area contributed by atoms with Crippen molar-refractivity contribution in [1.29, 1.82) is 0 Å². The van der Waals surface area contributed by atoms with Crippen LogP contribution in [0, 0.1) is 0 Å². The number of rotatable bonds is 4. The van der Waals surface area contributed by atoms with Crippen molar-refractivity contribution in [2.75, 3.05) is 13.2 Å². The van der Waals surface area contributed by atoms with Gasteiger partial charge >= 0.3 is 0 Å². The lowest BCUT2D eigenvalue weighted by Crippen LogP contribution is -2.56. The first kappa shape index (κ1) is 14.7. The molecule has 0 spiro atoms. The van der Waals surface area contributed by atoms with Crippen LogP contribution < -0.4 is 5.73 Å². The van der Waals surface area contributed by atoms with Gasteiger partial charge in [0.25, 0.3) is 0 Å². The van der Waals surface area contributed by atoms with Crippen LogP contribution >= 0.6 is 0 Å². The van der Waals surface area contributed by atoms with Crippen LogP contribution in [0.3, 0.4) is 0 Å². The van der Waals surface area contributed by atoms with Crippen LogP contribution in [0.4, 0.5) is 0 Å². The number of ether oxygens (including phenoxy) is 1. The van der Waals surface area contributed by atoms with E-state index in [0.29, 0.717) is 25.5 Å². The number of carbonyl (C=O) groups excluding carboxylic acids is 1. The van der Waals surface area contributed by atoms with Crippen LogP contribution in [0.5, 0.6) is 0 Å². The highest BCUT2D eigenvalue weighted by molar-refractivity contribution is 5.80. The van der Waals surface area contributed by atoms with Crippen molar-refractivity contribution in [2.24, 2.45) is 5.73 Å². The SMILES string of the molecule is C[C@H]1OCCN(Cc2cc(-c3ccccc3)on2)[C@@H]1C(N)=O. The van der Waals surface area contributed by atoms with E-state index in [9.17, 15) is 4.79 Å². The van der Waals surface area contributed by atoms with Gasteiger partial charge < -0.3 is 15.0 Å². The molecule has 6 nitrogen and oxygen atoms in total. The fraction of sp³-hybridized carbons (Fsp3) is 0.375. The Labute approximate surface area is 128 Å². The second-order valence-electron chi connectivity index (χ2n) is 5.44. The number of morpholine rings is 1. The molecule has 0 radical (unpaired) electrons. The Morgan fingerprint density at radius 3 is 2.91 bits per heavy atom. The predicted molar refractivity (Wildman–Crippen MR) is 80.7 cm³/mol. The molecule has 6 heteroatoms. The van der Waals surface area contributed by atoms with E-state index in [0.717, 1.165) is 11.3 Å². The summed E-state index contributed by atoms with van der Waals surface area (Å²) < 4.78 is 10.9. The molecule has 2 atom stereocenters. The number of hydrogen-bond acceptors (Lipinski definition) is 5. The summed E-state index contributed by atoms with van der Waals surface area (Å²) in [5.41, 5.74) is 7.25. The zero-order valence-electron chi connectivity index (χ0n) is 12.4. The summed E-state index contributed by atoms with van der Waals surface area (Å²) in [6.07, 6.45) is -0.216. The largest absolute Gasteiger partial charge is 0.375 e. The summed E-state index contributed by atoms with van der Waals surface area (Å²) in [4.78, 5) is 13.6. The molecular weight excluding hydrogens is 282 g/mol. The summed E-state index contributed by atoms with van der Waals surface area (Å²) in [5, 5.41) is 4.10. The molecule has 0 bridgehead atoms. The average Bonchev–Trinajstić information content (AvgIpc) is 2.96. The minimum Gasteiger partial charge on any atom is -0.375 e. The van der Waals surface area contributed by atoms with E-state index in [-0.39, 0.29) is 12.0 Å². The summed E-state index contributed by atoms with van der Waals surface area (Å²) in [6, 6.07) is 11.2. The van der Waals surface area contributed by atoms with E-state index in [4.69, 9.17) is 15.0 Å². The number of primary amides is 1. The first-order valence-electron chi connectivity index (χ1n) is 7.31. The molecule has 1 saturated heterocycles. The number of aromatic nitrogens is 1. The van der Waals surface area contributed by atoms with E-state index in [2.05, 4.69) is 5.16 Å². The lowest BCUT2D eigenvalue weighted by molar-refractivity contribution is -0.136. The molecule has 0 saturated carbocycles. The van der Waals surface area contributed by atoms with E-state index >= 15 is 0 Å². The number of benzene rings is 1. The Morgan fingerprint density at radius 2 is 2.18 bits per heavy atom. The van der Waals surface area contributed by atoms with Gasteiger partial charge in [-0.15, -0.1) is 0 Å². The molecule has 0 aliphatic carbocycles.